The third-order valence-electron chi connectivity index (χ3n) is 3.00. The number of carbonyl (C=O) groups is 2. The van der Waals surface area contributed by atoms with Gasteiger partial charge in [-0.15, -0.1) is 0 Å². The van der Waals surface area contributed by atoms with Gasteiger partial charge in [-0.25, -0.2) is 19.6 Å². The van der Waals surface area contributed by atoms with Crippen LogP contribution in [0.1, 0.15) is 21.0 Å². The Morgan fingerprint density at radius 1 is 0.700 bits per heavy atom. The summed E-state index contributed by atoms with van der Waals surface area (Å²) in [4.78, 5) is 29.5. The maximum atomic E-state index is 10.9. The summed E-state index contributed by atoms with van der Waals surface area (Å²) in [6, 6.07) is 6.44. The van der Waals surface area contributed by atoms with Crippen molar-refractivity contribution in [3.63, 3.8) is 0 Å². The van der Waals surface area contributed by atoms with Crippen LogP contribution in [0.4, 0.5) is 0 Å². The van der Waals surface area contributed by atoms with Crippen molar-refractivity contribution < 1.29 is 19.8 Å². The number of carboxylic acids is 2. The molecule has 0 radical (unpaired) electrons. The van der Waals surface area contributed by atoms with Crippen LogP contribution in [0.5, 0.6) is 0 Å². The molecule has 6 heteroatoms. The molecule has 98 valence electrons. The number of aromatic nitrogens is 2. The van der Waals surface area contributed by atoms with E-state index in [1.165, 1.54) is 24.5 Å². The Labute approximate surface area is 112 Å². The highest BCUT2D eigenvalue weighted by atomic mass is 16.4. The number of fused-ring (bicyclic) bond motifs is 2. The van der Waals surface area contributed by atoms with Crippen LogP contribution in [0.2, 0.25) is 0 Å². The number of benzene rings is 1. The highest BCUT2D eigenvalue weighted by Crippen LogP contribution is 2.23. The molecule has 0 amide bonds. The molecule has 0 bridgehead atoms. The Morgan fingerprint density at radius 2 is 1.10 bits per heavy atom. The van der Waals surface area contributed by atoms with Gasteiger partial charge in [-0.05, 0) is 35.0 Å². The summed E-state index contributed by atoms with van der Waals surface area (Å²) in [6.45, 7) is 0. The van der Waals surface area contributed by atoms with Crippen molar-refractivity contribution in [1.29, 1.82) is 0 Å². The average Bonchev–Trinajstić information content (AvgIpc) is 2.43. The second kappa shape index (κ2) is 4.27. The minimum Gasteiger partial charge on any atom is -0.477 e. The maximum absolute atomic E-state index is 10.9. The van der Waals surface area contributed by atoms with Gasteiger partial charge >= 0.3 is 11.9 Å². The molecule has 3 aromatic rings. The molecule has 3 rings (SSSR count). The molecule has 0 aliphatic rings. The lowest BCUT2D eigenvalue weighted by molar-refractivity contribution is 0.0680. The maximum Gasteiger partial charge on any atom is 0.354 e. The Bertz CT molecular complexity index is 805. The predicted octanol–water partition coefficient (Wildman–Crippen LogP) is 2.18. The molecule has 0 spiro atoms. The standard InChI is InChI=1S/C14H8N2O4/c17-13(18)11-3-7-1-8-4-12(14(19)20)16-6-10(8)2-9(7)5-15-11/h1-6H,(H,17,18)(H,19,20). The van der Waals surface area contributed by atoms with E-state index in [1.54, 1.807) is 12.1 Å². The highest BCUT2D eigenvalue weighted by Gasteiger charge is 2.09. The lowest BCUT2D eigenvalue weighted by atomic mass is 10.1. The van der Waals surface area contributed by atoms with Crippen LogP contribution in [-0.4, -0.2) is 32.1 Å². The number of pyridine rings is 2. The Hall–Kier alpha value is -3.02. The van der Waals surface area contributed by atoms with Crippen molar-refractivity contribution in [2.45, 2.75) is 0 Å². The first-order chi connectivity index (χ1) is 9.54. The molecule has 20 heavy (non-hydrogen) atoms. The van der Waals surface area contributed by atoms with E-state index in [9.17, 15) is 9.59 Å². The van der Waals surface area contributed by atoms with Crippen molar-refractivity contribution in [1.82, 2.24) is 9.97 Å². The fraction of sp³-hybridized carbons (Fsp3) is 0. The monoisotopic (exact) mass is 268 g/mol. The van der Waals surface area contributed by atoms with E-state index in [-0.39, 0.29) is 11.4 Å². The predicted molar refractivity (Wildman–Crippen MR) is 71.0 cm³/mol. The molecule has 0 fully saturated rings. The van der Waals surface area contributed by atoms with E-state index >= 15 is 0 Å². The fourth-order valence-electron chi connectivity index (χ4n) is 2.02. The van der Waals surface area contributed by atoms with Gasteiger partial charge < -0.3 is 10.2 Å². The zero-order valence-corrected chi connectivity index (χ0v) is 10.1. The van der Waals surface area contributed by atoms with Gasteiger partial charge in [0.25, 0.3) is 0 Å². The van der Waals surface area contributed by atoms with Gasteiger partial charge in [0, 0.05) is 23.2 Å². The molecule has 2 aromatic heterocycles. The zero-order chi connectivity index (χ0) is 14.3. The summed E-state index contributed by atoms with van der Waals surface area (Å²) in [7, 11) is 0. The zero-order valence-electron chi connectivity index (χ0n) is 10.1. The quantitative estimate of drug-likeness (QED) is 0.691. The summed E-state index contributed by atoms with van der Waals surface area (Å²) >= 11 is 0. The molecular weight excluding hydrogens is 260 g/mol. The van der Waals surface area contributed by atoms with Gasteiger partial charge in [-0.3, -0.25) is 0 Å². The minimum absolute atomic E-state index is 0.0515. The van der Waals surface area contributed by atoms with E-state index in [0.717, 1.165) is 10.8 Å². The van der Waals surface area contributed by atoms with Crippen molar-refractivity contribution in [3.8, 4) is 0 Å². The smallest absolute Gasteiger partial charge is 0.354 e. The molecule has 0 saturated heterocycles. The van der Waals surface area contributed by atoms with Gasteiger partial charge in [0.15, 0.2) is 0 Å². The molecule has 0 atom stereocenters. The van der Waals surface area contributed by atoms with E-state index in [1.807, 2.05) is 0 Å². The topological polar surface area (TPSA) is 100 Å². The molecular formula is C14H8N2O4. The van der Waals surface area contributed by atoms with Crippen molar-refractivity contribution in [2.75, 3.05) is 0 Å². The molecule has 0 aliphatic heterocycles. The third-order valence-corrected chi connectivity index (χ3v) is 3.00. The molecule has 1 aromatic carbocycles. The second-order valence-corrected chi connectivity index (χ2v) is 4.30. The summed E-state index contributed by atoms with van der Waals surface area (Å²) in [6.07, 6.45) is 2.95. The van der Waals surface area contributed by atoms with Crippen molar-refractivity contribution >= 4 is 33.5 Å². The second-order valence-electron chi connectivity index (χ2n) is 4.30. The molecule has 2 heterocycles. The lowest BCUT2D eigenvalue weighted by Crippen LogP contribution is -2.00. The van der Waals surface area contributed by atoms with Gasteiger partial charge in [0.2, 0.25) is 0 Å². The Morgan fingerprint density at radius 3 is 1.50 bits per heavy atom. The van der Waals surface area contributed by atoms with Crippen molar-refractivity contribution in [2.24, 2.45) is 0 Å². The van der Waals surface area contributed by atoms with Crippen LogP contribution in [0.25, 0.3) is 21.5 Å². The average molecular weight is 268 g/mol. The number of rotatable bonds is 2. The summed E-state index contributed by atoms with van der Waals surface area (Å²) < 4.78 is 0. The third kappa shape index (κ3) is 1.93. The van der Waals surface area contributed by atoms with Crippen LogP contribution >= 0.6 is 0 Å². The number of hydrogen-bond donors (Lipinski definition) is 2. The van der Waals surface area contributed by atoms with E-state index in [0.29, 0.717) is 10.8 Å². The van der Waals surface area contributed by atoms with Gasteiger partial charge in [-0.1, -0.05) is 0 Å². The Kier molecular flexibility index (Phi) is 2.57. The van der Waals surface area contributed by atoms with Gasteiger partial charge in [0.1, 0.15) is 11.4 Å². The van der Waals surface area contributed by atoms with Gasteiger partial charge in [-0.2, -0.15) is 0 Å². The van der Waals surface area contributed by atoms with Crippen molar-refractivity contribution in [3.05, 3.63) is 48.0 Å². The van der Waals surface area contributed by atoms with E-state index in [4.69, 9.17) is 10.2 Å². The van der Waals surface area contributed by atoms with E-state index in [2.05, 4.69) is 9.97 Å². The SMILES string of the molecule is O=C(O)c1cc2cc3cc(C(=O)O)ncc3cc2cn1. The Balaban J connectivity index is 2.29. The van der Waals surface area contributed by atoms with E-state index < -0.39 is 11.9 Å². The normalized spacial score (nSPS) is 10.8. The summed E-state index contributed by atoms with van der Waals surface area (Å²) in [5, 5.41) is 20.8. The highest BCUT2D eigenvalue weighted by molar-refractivity contribution is 6.01. The van der Waals surface area contributed by atoms with Gasteiger partial charge in [0.05, 0.1) is 0 Å². The summed E-state index contributed by atoms with van der Waals surface area (Å²) in [5.41, 5.74) is -0.103. The first-order valence-corrected chi connectivity index (χ1v) is 5.71. The molecule has 6 nitrogen and oxygen atoms in total. The molecule has 0 aliphatic carbocycles. The van der Waals surface area contributed by atoms with Crippen LogP contribution in [0, 0.1) is 0 Å². The first-order valence-electron chi connectivity index (χ1n) is 5.71. The minimum atomic E-state index is -1.10. The first kappa shape index (κ1) is 12.0. The van der Waals surface area contributed by atoms with Crippen LogP contribution in [0.15, 0.2) is 36.7 Å². The number of carboxylic acid groups (broad SMARTS) is 2. The lowest BCUT2D eigenvalue weighted by Gasteiger charge is -2.03. The van der Waals surface area contributed by atoms with Crippen LogP contribution < -0.4 is 0 Å². The number of hydrogen-bond acceptors (Lipinski definition) is 4. The molecule has 0 unspecified atom stereocenters. The molecule has 2 N–H and O–H groups in total. The fourth-order valence-corrected chi connectivity index (χ4v) is 2.02. The number of aromatic carboxylic acids is 2. The van der Waals surface area contributed by atoms with Crippen LogP contribution in [-0.2, 0) is 0 Å². The molecule has 0 saturated carbocycles. The van der Waals surface area contributed by atoms with Crippen LogP contribution in [0.3, 0.4) is 0 Å². The number of nitrogens with zero attached hydrogens (tertiary/aromatic N) is 2. The largest absolute Gasteiger partial charge is 0.477 e. The summed E-state index contributed by atoms with van der Waals surface area (Å²) in [5.74, 6) is -2.21.